The highest BCUT2D eigenvalue weighted by Gasteiger charge is 2.76. The number of aliphatic hydroxyl groups is 1. The van der Waals surface area contributed by atoms with Crippen LogP contribution in [0.25, 0.3) is 0 Å². The summed E-state index contributed by atoms with van der Waals surface area (Å²) in [5.74, 6) is -1.92. The predicted octanol–water partition coefficient (Wildman–Crippen LogP) is 4.31. The van der Waals surface area contributed by atoms with E-state index in [1.165, 1.54) is 0 Å². The van der Waals surface area contributed by atoms with Gasteiger partial charge in [0.15, 0.2) is 18.0 Å². The second-order valence-electron chi connectivity index (χ2n) is 11.8. The molecule has 3 fully saturated rings. The van der Waals surface area contributed by atoms with Gasteiger partial charge in [-0.25, -0.2) is 0 Å². The Morgan fingerprint density at radius 1 is 1.11 bits per heavy atom. The third-order valence-corrected chi connectivity index (χ3v) is 11.2. The quantitative estimate of drug-likeness (QED) is 0.409. The van der Waals surface area contributed by atoms with Gasteiger partial charge in [-0.05, 0) is 50.0 Å². The molecule has 0 aromatic rings. The number of ether oxygens (including phenoxy) is 2. The first kappa shape index (κ1) is 27.3. The summed E-state index contributed by atoms with van der Waals surface area (Å²) in [6.45, 7) is 8.75. The molecule has 200 valence electrons. The van der Waals surface area contributed by atoms with Gasteiger partial charge in [0.25, 0.3) is 0 Å². The number of rotatable bonds is 6. The van der Waals surface area contributed by atoms with E-state index in [9.17, 15) is 24.3 Å². The van der Waals surface area contributed by atoms with Crippen LogP contribution in [0.4, 0.5) is 0 Å². The van der Waals surface area contributed by atoms with Crippen molar-refractivity contribution in [2.24, 2.45) is 28.6 Å². The summed E-state index contributed by atoms with van der Waals surface area (Å²) in [6.07, 6.45) is 4.10. The van der Waals surface area contributed by atoms with E-state index < -0.39 is 51.7 Å². The smallest absolute Gasteiger partial charge is 0.306 e. The van der Waals surface area contributed by atoms with Crippen LogP contribution in [0.5, 0.6) is 0 Å². The number of carbonyl (C=O) groups is 4. The van der Waals surface area contributed by atoms with Crippen molar-refractivity contribution in [3.63, 3.8) is 0 Å². The highest BCUT2D eigenvalue weighted by Crippen LogP contribution is 2.72. The van der Waals surface area contributed by atoms with Crippen molar-refractivity contribution in [3.8, 4) is 0 Å². The predicted molar refractivity (Wildman–Crippen MR) is 133 cm³/mol. The largest absolute Gasteiger partial charge is 0.457 e. The summed E-state index contributed by atoms with van der Waals surface area (Å²) in [5.41, 5.74) is -1.96. The molecular weight excluding hydrogens is 484 g/mol. The average molecular weight is 523 g/mol. The second-order valence-corrected chi connectivity index (χ2v) is 12.4. The van der Waals surface area contributed by atoms with Crippen LogP contribution >= 0.6 is 11.6 Å². The summed E-state index contributed by atoms with van der Waals surface area (Å²) in [7, 11) is 0. The summed E-state index contributed by atoms with van der Waals surface area (Å²) < 4.78 is 11.3. The lowest BCUT2D eigenvalue weighted by Crippen LogP contribution is -2.70. The van der Waals surface area contributed by atoms with Gasteiger partial charge in [-0.15, -0.1) is 11.6 Å². The van der Waals surface area contributed by atoms with Gasteiger partial charge in [-0.2, -0.15) is 0 Å². The highest BCUT2D eigenvalue weighted by atomic mass is 35.5. The van der Waals surface area contributed by atoms with E-state index in [1.807, 2.05) is 13.8 Å². The molecule has 3 saturated carbocycles. The first-order valence-corrected chi connectivity index (χ1v) is 13.7. The number of allylic oxidation sites excluding steroid dienone is 1. The average Bonchev–Trinajstić information content (AvgIpc) is 3.05. The van der Waals surface area contributed by atoms with Gasteiger partial charge in [0.1, 0.15) is 0 Å². The number of ketones is 2. The van der Waals surface area contributed by atoms with E-state index in [2.05, 4.69) is 6.92 Å². The van der Waals surface area contributed by atoms with Crippen LogP contribution in [0.3, 0.4) is 0 Å². The number of aliphatic hydroxyl groups excluding tert-OH is 1. The Morgan fingerprint density at radius 2 is 1.78 bits per heavy atom. The van der Waals surface area contributed by atoms with E-state index in [0.717, 1.165) is 5.57 Å². The van der Waals surface area contributed by atoms with Crippen LogP contribution in [0.2, 0.25) is 0 Å². The fourth-order valence-corrected chi connectivity index (χ4v) is 8.92. The Labute approximate surface area is 218 Å². The minimum absolute atomic E-state index is 0.0973. The minimum Gasteiger partial charge on any atom is -0.457 e. The van der Waals surface area contributed by atoms with Gasteiger partial charge in [-0.1, -0.05) is 40.2 Å². The van der Waals surface area contributed by atoms with E-state index in [0.29, 0.717) is 32.1 Å². The van der Waals surface area contributed by atoms with Crippen molar-refractivity contribution < 1.29 is 33.8 Å². The lowest BCUT2D eigenvalue weighted by Gasteiger charge is -2.65. The van der Waals surface area contributed by atoms with Gasteiger partial charge >= 0.3 is 11.9 Å². The summed E-state index contributed by atoms with van der Waals surface area (Å²) in [4.78, 5) is 49.7. The Hall–Kier alpha value is -1.73. The van der Waals surface area contributed by atoms with Gasteiger partial charge in [0.2, 0.25) is 5.78 Å². The Morgan fingerprint density at radius 3 is 2.42 bits per heavy atom. The number of hydrogen-bond acceptors (Lipinski definition) is 7. The number of fused-ring (bicyclic) bond motifs is 5. The van der Waals surface area contributed by atoms with Crippen LogP contribution in [-0.2, 0) is 28.7 Å². The van der Waals surface area contributed by atoms with Crippen LogP contribution in [0.1, 0.15) is 86.0 Å². The Balaban J connectivity index is 1.79. The molecule has 0 spiro atoms. The van der Waals surface area contributed by atoms with E-state index in [4.69, 9.17) is 21.1 Å². The van der Waals surface area contributed by atoms with Gasteiger partial charge in [0.05, 0.1) is 11.0 Å². The van der Waals surface area contributed by atoms with E-state index in [1.54, 1.807) is 19.9 Å². The maximum Gasteiger partial charge on any atom is 0.306 e. The monoisotopic (exact) mass is 522 g/mol. The van der Waals surface area contributed by atoms with Crippen molar-refractivity contribution in [1.82, 2.24) is 0 Å². The molecule has 4 aliphatic carbocycles. The van der Waals surface area contributed by atoms with Crippen LogP contribution in [-0.4, -0.2) is 51.8 Å². The zero-order valence-corrected chi connectivity index (χ0v) is 22.8. The van der Waals surface area contributed by atoms with Gasteiger partial charge < -0.3 is 14.6 Å². The minimum atomic E-state index is -1.53. The third kappa shape index (κ3) is 3.55. The van der Waals surface area contributed by atoms with E-state index in [-0.39, 0.29) is 42.8 Å². The van der Waals surface area contributed by atoms with Crippen molar-refractivity contribution in [3.05, 3.63) is 11.6 Å². The lowest BCUT2D eigenvalue weighted by molar-refractivity contribution is -0.204. The molecule has 0 radical (unpaired) electrons. The van der Waals surface area contributed by atoms with Crippen molar-refractivity contribution in [1.29, 1.82) is 0 Å². The molecule has 0 unspecified atom stereocenters. The molecular formula is C28H39ClO7. The normalized spacial score (nSPS) is 43.5. The number of Topliss-reactive ketones (excluding diaryl/α,β-unsaturated/α-hetero) is 1. The summed E-state index contributed by atoms with van der Waals surface area (Å²) in [5, 5.41) is 11.8. The van der Waals surface area contributed by atoms with Gasteiger partial charge in [-0.3, -0.25) is 19.2 Å². The van der Waals surface area contributed by atoms with E-state index >= 15 is 0 Å². The number of hydrogen-bond donors (Lipinski definition) is 1. The molecule has 1 N–H and O–H groups in total. The molecule has 8 heteroatoms. The van der Waals surface area contributed by atoms with Crippen LogP contribution in [0.15, 0.2) is 11.6 Å². The Bertz CT molecular complexity index is 1010. The van der Waals surface area contributed by atoms with Crippen molar-refractivity contribution in [2.75, 3.05) is 6.61 Å². The SMILES string of the molecule is CCC(=O)OCC(=O)[C@]1(OC(=O)CC)[C@@H](C)C[C@H]2[C@@H]3CCC4=CC(=O)CC[C@]4(C)[C@@]3(Cl)[C@@H](O)C[C@@]21C. The third-order valence-electron chi connectivity index (χ3n) is 10.2. The molecule has 7 nitrogen and oxygen atoms in total. The fraction of sp³-hybridized carbons (Fsp3) is 0.786. The number of halogens is 1. The van der Waals surface area contributed by atoms with Crippen LogP contribution < -0.4 is 0 Å². The fourth-order valence-electron chi connectivity index (χ4n) is 8.37. The molecule has 8 atom stereocenters. The highest BCUT2D eigenvalue weighted by molar-refractivity contribution is 6.26. The molecule has 4 rings (SSSR count). The molecule has 0 aromatic heterocycles. The standard InChI is InChI=1S/C28H39ClO7/c1-6-23(33)35-15-22(32)28(36-24(34)7-2)16(3)12-20-19-9-8-17-13-18(30)10-11-25(17,4)27(19,29)21(31)14-26(20,28)5/h13,16,19-21,31H,6-12,14-15H2,1-5H3/t16-,19-,20-,21-,25-,26-,27-,28+/m0/s1. The first-order chi connectivity index (χ1) is 16.8. The maximum absolute atomic E-state index is 13.9. The zero-order valence-electron chi connectivity index (χ0n) is 22.0. The lowest BCUT2D eigenvalue weighted by atomic mass is 9.44. The first-order valence-electron chi connectivity index (χ1n) is 13.3. The van der Waals surface area contributed by atoms with Crippen LogP contribution in [0, 0.1) is 28.6 Å². The van der Waals surface area contributed by atoms with Gasteiger partial charge in [0, 0.05) is 36.0 Å². The zero-order chi connectivity index (χ0) is 26.7. The maximum atomic E-state index is 13.9. The number of carbonyl (C=O) groups excluding carboxylic acids is 4. The molecule has 0 bridgehead atoms. The topological polar surface area (TPSA) is 107 Å². The molecule has 36 heavy (non-hydrogen) atoms. The molecule has 0 heterocycles. The molecule has 0 amide bonds. The van der Waals surface area contributed by atoms with Crippen molar-refractivity contribution >= 4 is 35.1 Å². The molecule has 4 aliphatic rings. The summed E-state index contributed by atoms with van der Waals surface area (Å²) >= 11 is 7.53. The van der Waals surface area contributed by atoms with Crippen molar-refractivity contribution in [2.45, 2.75) is 103 Å². The second kappa shape index (κ2) is 9.23. The molecule has 0 aromatic carbocycles. The molecule has 0 saturated heterocycles. The summed E-state index contributed by atoms with van der Waals surface area (Å²) in [6, 6.07) is 0. The number of esters is 2. The number of alkyl halides is 1. The Kier molecular flexibility index (Phi) is 7.00. The molecule has 0 aliphatic heterocycles.